The Labute approximate surface area is 90.8 Å². The third kappa shape index (κ3) is 2.17. The maximum absolute atomic E-state index is 11.5. The lowest BCUT2D eigenvalue weighted by molar-refractivity contribution is -0.153. The van der Waals surface area contributed by atoms with Crippen LogP contribution in [0.2, 0.25) is 0 Å². The molecule has 3 atom stereocenters. The number of carboxylic acid groups (broad SMARTS) is 1. The van der Waals surface area contributed by atoms with Gasteiger partial charge in [-0.05, 0) is 31.1 Å². The van der Waals surface area contributed by atoms with Crippen molar-refractivity contribution in [3.8, 4) is 0 Å². The van der Waals surface area contributed by atoms with E-state index >= 15 is 0 Å². The highest BCUT2D eigenvalue weighted by atomic mass is 16.6. The monoisotopic (exact) mass is 212 g/mol. The van der Waals surface area contributed by atoms with Crippen LogP contribution >= 0.6 is 0 Å². The first-order valence-electron chi connectivity index (χ1n) is 5.71. The van der Waals surface area contributed by atoms with Crippen molar-refractivity contribution in [2.24, 2.45) is 10.8 Å². The third-order valence-corrected chi connectivity index (χ3v) is 3.51. The number of carbonyl (C=O) groups is 1. The first kappa shape index (κ1) is 10.9. The number of epoxide rings is 1. The highest BCUT2D eigenvalue weighted by molar-refractivity contribution is 5.75. The van der Waals surface area contributed by atoms with Crippen molar-refractivity contribution >= 4 is 5.97 Å². The van der Waals surface area contributed by atoms with Crippen LogP contribution in [-0.4, -0.2) is 23.3 Å². The Hall–Kier alpha value is -0.570. The van der Waals surface area contributed by atoms with Crippen molar-refractivity contribution in [3.05, 3.63) is 0 Å². The van der Waals surface area contributed by atoms with E-state index in [1.807, 2.05) is 0 Å². The van der Waals surface area contributed by atoms with E-state index in [-0.39, 0.29) is 11.5 Å². The van der Waals surface area contributed by atoms with Crippen LogP contribution in [-0.2, 0) is 9.53 Å². The Kier molecular flexibility index (Phi) is 2.34. The number of hydrogen-bond acceptors (Lipinski definition) is 2. The number of ether oxygens (including phenoxy) is 1. The average Bonchev–Trinajstić information content (AvgIpc) is 2.78. The molecule has 1 N–H and O–H groups in total. The molecule has 0 amide bonds. The molecule has 86 valence electrons. The van der Waals surface area contributed by atoms with Gasteiger partial charge in [0, 0.05) is 0 Å². The molecule has 1 aliphatic heterocycles. The Balaban J connectivity index is 2.13. The lowest BCUT2D eigenvalue weighted by Crippen LogP contribution is -2.39. The summed E-state index contributed by atoms with van der Waals surface area (Å²) in [6.45, 7) is 6.33. The smallest absolute Gasteiger partial charge is 0.309 e. The molecule has 1 heterocycles. The topological polar surface area (TPSA) is 49.8 Å². The number of hydrogen-bond donors (Lipinski definition) is 1. The van der Waals surface area contributed by atoms with Gasteiger partial charge in [-0.2, -0.15) is 0 Å². The normalized spacial score (nSPS) is 39.7. The van der Waals surface area contributed by atoms with Gasteiger partial charge in [-0.1, -0.05) is 20.8 Å². The fourth-order valence-corrected chi connectivity index (χ4v) is 2.96. The van der Waals surface area contributed by atoms with Gasteiger partial charge in [-0.25, -0.2) is 0 Å². The summed E-state index contributed by atoms with van der Waals surface area (Å²) < 4.78 is 5.43. The molecule has 0 bridgehead atoms. The summed E-state index contributed by atoms with van der Waals surface area (Å²) >= 11 is 0. The molecule has 2 aliphatic rings. The molecule has 2 rings (SSSR count). The zero-order chi connectivity index (χ0) is 11.3. The maximum Gasteiger partial charge on any atom is 0.309 e. The zero-order valence-electron chi connectivity index (χ0n) is 9.75. The Bertz CT molecular complexity index is 279. The van der Waals surface area contributed by atoms with E-state index in [9.17, 15) is 9.90 Å². The van der Waals surface area contributed by atoms with Crippen molar-refractivity contribution < 1.29 is 14.6 Å². The number of rotatable bonds is 2. The Morgan fingerprint density at radius 2 is 2.13 bits per heavy atom. The van der Waals surface area contributed by atoms with Crippen LogP contribution in [0.25, 0.3) is 0 Å². The van der Waals surface area contributed by atoms with E-state index in [1.54, 1.807) is 0 Å². The summed E-state index contributed by atoms with van der Waals surface area (Å²) in [7, 11) is 0. The standard InChI is InChI=1S/C12H20O3/c1-11(2,3)7-12(10(13)14)5-4-8-9(6-12)15-8/h8-9H,4-7H2,1-3H3,(H,13,14). The Morgan fingerprint density at radius 3 is 2.60 bits per heavy atom. The van der Waals surface area contributed by atoms with Gasteiger partial charge in [-0.3, -0.25) is 4.79 Å². The molecule has 1 aliphatic carbocycles. The minimum Gasteiger partial charge on any atom is -0.481 e. The molecule has 0 aromatic carbocycles. The van der Waals surface area contributed by atoms with Gasteiger partial charge >= 0.3 is 5.97 Å². The quantitative estimate of drug-likeness (QED) is 0.715. The average molecular weight is 212 g/mol. The minimum absolute atomic E-state index is 0.0696. The summed E-state index contributed by atoms with van der Waals surface area (Å²) in [4.78, 5) is 11.5. The van der Waals surface area contributed by atoms with Crippen LogP contribution < -0.4 is 0 Å². The third-order valence-electron chi connectivity index (χ3n) is 3.51. The second-order valence-corrected chi connectivity index (χ2v) is 6.28. The summed E-state index contributed by atoms with van der Waals surface area (Å²) in [5.74, 6) is -0.633. The predicted molar refractivity (Wildman–Crippen MR) is 56.7 cm³/mol. The van der Waals surface area contributed by atoms with Crippen molar-refractivity contribution in [3.63, 3.8) is 0 Å². The SMILES string of the molecule is CC(C)(C)CC1(C(=O)O)CCC2OC2C1. The molecule has 2 fully saturated rings. The molecule has 3 unspecified atom stereocenters. The van der Waals surface area contributed by atoms with Crippen LogP contribution in [0.3, 0.4) is 0 Å². The van der Waals surface area contributed by atoms with E-state index in [0.717, 1.165) is 19.3 Å². The van der Waals surface area contributed by atoms with Gasteiger partial charge in [0.15, 0.2) is 0 Å². The van der Waals surface area contributed by atoms with Gasteiger partial charge in [0.2, 0.25) is 0 Å². The second-order valence-electron chi connectivity index (χ2n) is 6.28. The van der Waals surface area contributed by atoms with Crippen molar-refractivity contribution in [2.75, 3.05) is 0 Å². The lowest BCUT2D eigenvalue weighted by atomic mass is 9.66. The molecule has 0 radical (unpaired) electrons. The van der Waals surface area contributed by atoms with Crippen LogP contribution in [0.15, 0.2) is 0 Å². The molecular weight excluding hydrogens is 192 g/mol. The molecule has 0 aromatic heterocycles. The second kappa shape index (κ2) is 3.21. The molecule has 1 saturated heterocycles. The molecule has 0 aromatic rings. The van der Waals surface area contributed by atoms with Gasteiger partial charge < -0.3 is 9.84 Å². The van der Waals surface area contributed by atoms with Crippen molar-refractivity contribution in [1.82, 2.24) is 0 Å². The van der Waals surface area contributed by atoms with Crippen LogP contribution in [0.1, 0.15) is 46.5 Å². The number of aliphatic carboxylic acids is 1. The predicted octanol–water partition coefficient (Wildman–Crippen LogP) is 2.44. The van der Waals surface area contributed by atoms with E-state index in [1.165, 1.54) is 0 Å². The summed E-state index contributed by atoms with van der Waals surface area (Å²) in [5.41, 5.74) is -0.462. The minimum atomic E-state index is -0.633. The van der Waals surface area contributed by atoms with Gasteiger partial charge in [0.05, 0.1) is 17.6 Å². The number of carboxylic acids is 1. The van der Waals surface area contributed by atoms with E-state index in [0.29, 0.717) is 12.5 Å². The van der Waals surface area contributed by atoms with E-state index in [4.69, 9.17) is 4.74 Å². The van der Waals surface area contributed by atoms with Crippen LogP contribution in [0, 0.1) is 10.8 Å². The highest BCUT2D eigenvalue weighted by Crippen LogP contribution is 2.51. The first-order valence-corrected chi connectivity index (χ1v) is 5.71. The van der Waals surface area contributed by atoms with Crippen LogP contribution in [0.5, 0.6) is 0 Å². The molecule has 15 heavy (non-hydrogen) atoms. The van der Waals surface area contributed by atoms with Gasteiger partial charge in [-0.15, -0.1) is 0 Å². The molecule has 1 saturated carbocycles. The van der Waals surface area contributed by atoms with Gasteiger partial charge in [0.1, 0.15) is 0 Å². The van der Waals surface area contributed by atoms with E-state index < -0.39 is 11.4 Å². The van der Waals surface area contributed by atoms with Gasteiger partial charge in [0.25, 0.3) is 0 Å². The fourth-order valence-electron chi connectivity index (χ4n) is 2.96. The first-order chi connectivity index (χ1) is 6.82. The lowest BCUT2D eigenvalue weighted by Gasteiger charge is -2.36. The summed E-state index contributed by atoms with van der Waals surface area (Å²) in [6, 6.07) is 0. The van der Waals surface area contributed by atoms with Crippen molar-refractivity contribution in [1.29, 1.82) is 0 Å². The fraction of sp³-hybridized carbons (Fsp3) is 0.917. The highest BCUT2D eigenvalue weighted by Gasteiger charge is 2.54. The van der Waals surface area contributed by atoms with E-state index in [2.05, 4.69) is 20.8 Å². The summed E-state index contributed by atoms with van der Waals surface area (Å²) in [5, 5.41) is 9.43. The molecule has 3 nitrogen and oxygen atoms in total. The molecule has 3 heteroatoms. The summed E-state index contributed by atoms with van der Waals surface area (Å²) in [6.07, 6.45) is 3.77. The molecule has 0 spiro atoms. The number of fused-ring (bicyclic) bond motifs is 1. The molecular formula is C12H20O3. The maximum atomic E-state index is 11.5. The largest absolute Gasteiger partial charge is 0.481 e. The Morgan fingerprint density at radius 1 is 1.47 bits per heavy atom. The zero-order valence-corrected chi connectivity index (χ0v) is 9.75. The van der Waals surface area contributed by atoms with Crippen LogP contribution in [0.4, 0.5) is 0 Å². The van der Waals surface area contributed by atoms with Crippen molar-refractivity contribution in [2.45, 2.75) is 58.7 Å².